The molecule has 1 fully saturated rings. The molecule has 234 valence electrons. The molecule has 3 aromatic carbocycles. The summed E-state index contributed by atoms with van der Waals surface area (Å²) in [7, 11) is -4.35. The third-order valence-electron chi connectivity index (χ3n) is 8.05. The van der Waals surface area contributed by atoms with Gasteiger partial charge in [-0.3, -0.25) is 13.9 Å². The normalized spacial score (nSPS) is 15.7. The van der Waals surface area contributed by atoms with Crippen LogP contribution in [0.2, 0.25) is 0 Å². The predicted molar refractivity (Wildman–Crippen MR) is 165 cm³/mol. The molecule has 1 heterocycles. The zero-order chi connectivity index (χ0) is 31.3. The van der Waals surface area contributed by atoms with E-state index in [1.165, 1.54) is 35.2 Å². The summed E-state index contributed by atoms with van der Waals surface area (Å²) in [6, 6.07) is 15.9. The summed E-state index contributed by atoms with van der Waals surface area (Å²) >= 11 is 0. The summed E-state index contributed by atoms with van der Waals surface area (Å²) in [5.74, 6) is -0.728. The second-order valence-electron chi connectivity index (χ2n) is 11.3. The standard InChI is InChI=1S/C33H38FN3O6S/c1-23-7-6-8-25(19-23)21-36(24(2)33(39)35-27-9-4-3-5-10-27)32(38)22-37(28-13-11-26(34)12-14-28)44(40,41)29-15-16-30-31(20-29)43-18-17-42-30/h6-8,11-16,19-20,24,27H,3-5,9-10,17-18,21-22H2,1-2H3,(H,35,39). The lowest BCUT2D eigenvalue weighted by atomic mass is 9.95. The molecule has 1 aliphatic heterocycles. The van der Waals surface area contributed by atoms with Crippen LogP contribution in [0.4, 0.5) is 10.1 Å². The van der Waals surface area contributed by atoms with Crippen molar-refractivity contribution in [2.24, 2.45) is 0 Å². The molecule has 3 aromatic rings. The van der Waals surface area contributed by atoms with E-state index in [2.05, 4.69) is 5.32 Å². The Morgan fingerprint density at radius 3 is 2.36 bits per heavy atom. The molecule has 0 aromatic heterocycles. The van der Waals surface area contributed by atoms with Crippen LogP contribution in [-0.4, -0.2) is 57.0 Å². The first-order valence-electron chi connectivity index (χ1n) is 14.9. The van der Waals surface area contributed by atoms with Crippen LogP contribution in [0, 0.1) is 12.7 Å². The van der Waals surface area contributed by atoms with E-state index in [9.17, 15) is 22.4 Å². The summed E-state index contributed by atoms with van der Waals surface area (Å²) in [5, 5.41) is 3.10. The van der Waals surface area contributed by atoms with E-state index in [0.29, 0.717) is 12.4 Å². The zero-order valence-electron chi connectivity index (χ0n) is 25.0. The highest BCUT2D eigenvalue weighted by Gasteiger charge is 2.34. The molecule has 1 aliphatic carbocycles. The Balaban J connectivity index is 1.47. The average molecular weight is 624 g/mol. The van der Waals surface area contributed by atoms with Gasteiger partial charge in [0.1, 0.15) is 31.6 Å². The summed E-state index contributed by atoms with van der Waals surface area (Å²) in [6.45, 7) is 3.69. The monoisotopic (exact) mass is 623 g/mol. The maximum Gasteiger partial charge on any atom is 0.264 e. The van der Waals surface area contributed by atoms with Crippen molar-refractivity contribution >= 4 is 27.5 Å². The van der Waals surface area contributed by atoms with Crippen LogP contribution >= 0.6 is 0 Å². The number of fused-ring (bicyclic) bond motifs is 1. The number of aryl methyl sites for hydroxylation is 1. The maximum atomic E-state index is 14.2. The topological polar surface area (TPSA) is 105 Å². The van der Waals surface area contributed by atoms with Gasteiger partial charge in [-0.2, -0.15) is 0 Å². The smallest absolute Gasteiger partial charge is 0.264 e. The number of carbonyl (C=O) groups is 2. The number of carbonyl (C=O) groups excluding carboxylic acids is 2. The number of sulfonamides is 1. The Kier molecular flexibility index (Phi) is 9.73. The number of nitrogens with zero attached hydrogens (tertiary/aromatic N) is 2. The van der Waals surface area contributed by atoms with Gasteiger partial charge in [0.25, 0.3) is 10.0 Å². The van der Waals surface area contributed by atoms with Crippen molar-refractivity contribution in [3.8, 4) is 11.5 Å². The number of ether oxygens (including phenoxy) is 2. The number of hydrogen-bond donors (Lipinski definition) is 1. The van der Waals surface area contributed by atoms with Crippen LogP contribution in [0.25, 0.3) is 0 Å². The molecule has 1 saturated carbocycles. The minimum Gasteiger partial charge on any atom is -0.486 e. The van der Waals surface area contributed by atoms with Gasteiger partial charge in [-0.25, -0.2) is 12.8 Å². The predicted octanol–water partition coefficient (Wildman–Crippen LogP) is 4.97. The van der Waals surface area contributed by atoms with Gasteiger partial charge in [0.05, 0.1) is 10.6 Å². The molecular weight excluding hydrogens is 585 g/mol. The molecule has 44 heavy (non-hydrogen) atoms. The van der Waals surface area contributed by atoms with Crippen molar-refractivity contribution in [3.05, 3.63) is 83.7 Å². The van der Waals surface area contributed by atoms with Gasteiger partial charge in [-0.05, 0) is 68.7 Å². The average Bonchev–Trinajstić information content (AvgIpc) is 3.02. The Hall–Kier alpha value is -4.12. The largest absolute Gasteiger partial charge is 0.486 e. The summed E-state index contributed by atoms with van der Waals surface area (Å²) in [6.07, 6.45) is 4.98. The lowest BCUT2D eigenvalue weighted by Gasteiger charge is -2.33. The summed E-state index contributed by atoms with van der Waals surface area (Å²) in [5.41, 5.74) is 1.89. The van der Waals surface area contributed by atoms with Crippen LogP contribution < -0.4 is 19.1 Å². The van der Waals surface area contributed by atoms with E-state index in [4.69, 9.17) is 9.47 Å². The van der Waals surface area contributed by atoms with Crippen LogP contribution in [0.15, 0.2) is 71.6 Å². The second kappa shape index (κ2) is 13.7. The first-order valence-corrected chi connectivity index (χ1v) is 16.4. The van der Waals surface area contributed by atoms with Crippen LogP contribution in [-0.2, 0) is 26.2 Å². The molecule has 5 rings (SSSR count). The number of halogens is 1. The molecule has 0 saturated heterocycles. The number of nitrogens with one attached hydrogen (secondary N) is 1. The minimum atomic E-state index is -4.35. The Bertz CT molecular complexity index is 1590. The van der Waals surface area contributed by atoms with E-state index in [1.54, 1.807) is 6.92 Å². The fraction of sp³-hybridized carbons (Fsp3) is 0.394. The van der Waals surface area contributed by atoms with Crippen LogP contribution in [0.1, 0.15) is 50.2 Å². The first kappa shape index (κ1) is 31.3. The molecule has 0 radical (unpaired) electrons. The number of anilines is 1. The van der Waals surface area contributed by atoms with E-state index in [0.717, 1.165) is 59.7 Å². The van der Waals surface area contributed by atoms with Crippen LogP contribution in [0.3, 0.4) is 0 Å². The van der Waals surface area contributed by atoms with Gasteiger partial charge in [-0.1, -0.05) is 49.1 Å². The van der Waals surface area contributed by atoms with E-state index in [1.807, 2.05) is 31.2 Å². The molecular formula is C33H38FN3O6S. The van der Waals surface area contributed by atoms with Crippen LogP contribution in [0.5, 0.6) is 11.5 Å². The Morgan fingerprint density at radius 2 is 1.66 bits per heavy atom. The lowest BCUT2D eigenvalue weighted by Crippen LogP contribution is -2.53. The molecule has 1 atom stereocenters. The van der Waals surface area contributed by atoms with Gasteiger partial charge < -0.3 is 19.7 Å². The van der Waals surface area contributed by atoms with Gasteiger partial charge in [-0.15, -0.1) is 0 Å². The van der Waals surface area contributed by atoms with Gasteiger partial charge in [0.2, 0.25) is 11.8 Å². The number of hydrogen-bond acceptors (Lipinski definition) is 6. The van der Waals surface area contributed by atoms with E-state index in [-0.39, 0.29) is 41.4 Å². The van der Waals surface area contributed by atoms with Crippen molar-refractivity contribution in [3.63, 3.8) is 0 Å². The van der Waals surface area contributed by atoms with Crippen molar-refractivity contribution in [2.45, 2.75) is 69.5 Å². The number of rotatable bonds is 10. The van der Waals surface area contributed by atoms with Gasteiger partial charge in [0, 0.05) is 18.7 Å². The fourth-order valence-electron chi connectivity index (χ4n) is 5.61. The third kappa shape index (κ3) is 7.32. The summed E-state index contributed by atoms with van der Waals surface area (Å²) in [4.78, 5) is 28.9. The second-order valence-corrected chi connectivity index (χ2v) is 13.2. The summed E-state index contributed by atoms with van der Waals surface area (Å²) < 4.78 is 54.2. The first-order chi connectivity index (χ1) is 21.1. The number of amides is 2. The zero-order valence-corrected chi connectivity index (χ0v) is 25.8. The molecule has 1 unspecified atom stereocenters. The molecule has 0 bridgehead atoms. The molecule has 2 amide bonds. The highest BCUT2D eigenvalue weighted by molar-refractivity contribution is 7.92. The quantitative estimate of drug-likeness (QED) is 0.342. The van der Waals surface area contributed by atoms with E-state index >= 15 is 0 Å². The van der Waals surface area contributed by atoms with Crippen molar-refractivity contribution in [1.29, 1.82) is 0 Å². The SMILES string of the molecule is Cc1cccc(CN(C(=O)CN(c2ccc(F)cc2)S(=O)(=O)c2ccc3c(c2)OCCO3)C(C)C(=O)NC2CCCCC2)c1. The highest BCUT2D eigenvalue weighted by atomic mass is 32.2. The molecule has 0 spiro atoms. The lowest BCUT2D eigenvalue weighted by molar-refractivity contribution is -0.139. The fourth-order valence-corrected chi connectivity index (χ4v) is 7.04. The van der Waals surface area contributed by atoms with Gasteiger partial charge in [0.15, 0.2) is 11.5 Å². The third-order valence-corrected chi connectivity index (χ3v) is 9.82. The number of benzene rings is 3. The van der Waals surface area contributed by atoms with Gasteiger partial charge >= 0.3 is 0 Å². The van der Waals surface area contributed by atoms with Crippen molar-refractivity contribution in [1.82, 2.24) is 10.2 Å². The molecule has 9 nitrogen and oxygen atoms in total. The van der Waals surface area contributed by atoms with Crippen molar-refractivity contribution < 1.29 is 31.9 Å². The minimum absolute atomic E-state index is 0.0425. The molecule has 1 N–H and O–H groups in total. The molecule has 2 aliphatic rings. The van der Waals surface area contributed by atoms with E-state index < -0.39 is 34.3 Å². The highest BCUT2D eigenvalue weighted by Crippen LogP contribution is 2.34. The Labute approximate surface area is 258 Å². The van der Waals surface area contributed by atoms with Crippen molar-refractivity contribution in [2.75, 3.05) is 24.1 Å². The molecule has 11 heteroatoms. The Morgan fingerprint density at radius 1 is 0.955 bits per heavy atom. The maximum absolute atomic E-state index is 14.2.